The summed E-state index contributed by atoms with van der Waals surface area (Å²) in [6.07, 6.45) is -5.80. The van der Waals surface area contributed by atoms with Crippen molar-refractivity contribution in [2.24, 2.45) is 0 Å². The number of allylic oxidation sites excluding steroid dienone is 4. The Morgan fingerprint density at radius 3 is 0.757 bits per heavy atom. The summed E-state index contributed by atoms with van der Waals surface area (Å²) in [5.74, 6) is -26.9. The van der Waals surface area contributed by atoms with Crippen molar-refractivity contribution in [1.82, 2.24) is 0 Å². The lowest BCUT2D eigenvalue weighted by atomic mass is 9.91. The monoisotopic (exact) mass is 973 g/mol. The van der Waals surface area contributed by atoms with Crippen LogP contribution in [0, 0.1) is 58.2 Å². The summed E-state index contributed by atoms with van der Waals surface area (Å²) < 4.78 is 212. The second kappa shape index (κ2) is 18.5. The molecule has 16 heteroatoms. The second-order valence-corrected chi connectivity index (χ2v) is 15.8. The van der Waals surface area contributed by atoms with Crippen molar-refractivity contribution in [2.75, 3.05) is 4.90 Å². The zero-order chi connectivity index (χ0) is 49.9. The van der Waals surface area contributed by atoms with Crippen molar-refractivity contribution >= 4 is 22.6 Å². The van der Waals surface area contributed by atoms with Crippen molar-refractivity contribution in [3.05, 3.63) is 227 Å². The summed E-state index contributed by atoms with van der Waals surface area (Å²) >= 11 is 0. The van der Waals surface area contributed by atoms with Gasteiger partial charge in [0.2, 0.25) is 11.6 Å². The predicted octanol–water partition coefficient (Wildman–Crippen LogP) is 17.4. The molecule has 0 saturated heterocycles. The van der Waals surface area contributed by atoms with Gasteiger partial charge >= 0.3 is 0 Å². The fraction of sp³-hybridized carbons (Fsp3) is 0.0370. The molecule has 0 N–H and O–H groups in total. The first-order valence-electron chi connectivity index (χ1n) is 20.7. The molecule has 0 saturated carbocycles. The number of nitrogens with zero attached hydrogens (tertiary/aromatic N) is 1. The Morgan fingerprint density at radius 1 is 0.243 bits per heavy atom. The zero-order valence-corrected chi connectivity index (χ0v) is 35.1. The highest BCUT2D eigenvalue weighted by Crippen LogP contribution is 2.43. The van der Waals surface area contributed by atoms with Crippen LogP contribution in [0.25, 0.3) is 61.2 Å². The summed E-state index contributed by atoms with van der Waals surface area (Å²) in [6.45, 7) is 0. The Hall–Kier alpha value is -8.01. The molecule has 0 radical (unpaired) electrons. The van der Waals surface area contributed by atoms with Crippen molar-refractivity contribution in [3.63, 3.8) is 0 Å². The molecular weight excluding hydrogens is 948 g/mol. The van der Waals surface area contributed by atoms with E-state index in [0.717, 1.165) is 0 Å². The SMILES string of the molecule is FC1=C(F)C(F)C(F)C(c2ccc(-c3ccc(N(c4ccc(-c5ccc(-c6c(F)c(F)c(F)c(F)c6F)cc5)cc4)c4ccc(-c5ccc(-c6c(F)c(F)c(F)c(F)c6F)cc5)cc4)cc3)cc2)=C1F. The van der Waals surface area contributed by atoms with E-state index in [2.05, 4.69) is 0 Å². The molecule has 1 aliphatic rings. The average molecular weight is 974 g/mol. The first-order valence-corrected chi connectivity index (χ1v) is 20.7. The summed E-state index contributed by atoms with van der Waals surface area (Å²) in [4.78, 5) is 1.83. The lowest BCUT2D eigenvalue weighted by Crippen LogP contribution is -2.25. The summed E-state index contributed by atoms with van der Waals surface area (Å²) in [5, 5.41) is 0. The first kappa shape index (κ1) is 47.1. The van der Waals surface area contributed by atoms with Gasteiger partial charge in [0.05, 0.1) is 11.1 Å². The smallest absolute Gasteiger partial charge is 0.200 e. The number of anilines is 3. The highest BCUT2D eigenvalue weighted by Gasteiger charge is 2.40. The normalized spacial score (nSPS) is 15.0. The number of hydrogen-bond donors (Lipinski definition) is 0. The van der Waals surface area contributed by atoms with Gasteiger partial charge in [0.25, 0.3) is 0 Å². The standard InChI is InChI=1S/C54H26F15N/c55-40-37(41(56)47(62)52(67)46(40)61)31-7-1-25(2-8-31)28-13-19-34(20-14-28)70(35-21-15-29(16-22-35)26-3-9-32(10-4-26)38-42(57)48(63)53(68)49(64)43(38)58)36-23-17-30(18-24-36)27-5-11-33(12-6-27)39-44(59)50(65)54(69)51(66)45(39)60/h1-24,40,46H. The molecule has 0 heterocycles. The molecule has 0 aliphatic heterocycles. The minimum Gasteiger partial charge on any atom is -0.311 e. The third kappa shape index (κ3) is 8.16. The van der Waals surface area contributed by atoms with Crippen LogP contribution >= 0.6 is 0 Å². The van der Waals surface area contributed by atoms with Crippen LogP contribution in [0.3, 0.4) is 0 Å². The van der Waals surface area contributed by atoms with Gasteiger partial charge in [0.1, 0.15) is 0 Å². The van der Waals surface area contributed by atoms with Gasteiger partial charge in [-0.25, -0.2) is 65.9 Å². The highest BCUT2D eigenvalue weighted by atomic mass is 19.2. The van der Waals surface area contributed by atoms with Crippen LogP contribution in [-0.2, 0) is 0 Å². The molecule has 8 aromatic rings. The molecule has 0 fully saturated rings. The van der Waals surface area contributed by atoms with Crippen LogP contribution in [0.5, 0.6) is 0 Å². The van der Waals surface area contributed by atoms with Gasteiger partial charge < -0.3 is 4.90 Å². The highest BCUT2D eigenvalue weighted by molar-refractivity contribution is 5.83. The van der Waals surface area contributed by atoms with Gasteiger partial charge in [0.15, 0.2) is 76.4 Å². The van der Waals surface area contributed by atoms with Crippen molar-refractivity contribution in [3.8, 4) is 55.6 Å². The van der Waals surface area contributed by atoms with E-state index in [9.17, 15) is 65.9 Å². The molecule has 0 aromatic heterocycles. The lowest BCUT2D eigenvalue weighted by Gasteiger charge is -2.26. The number of hydrogen-bond acceptors (Lipinski definition) is 1. The van der Waals surface area contributed by atoms with E-state index in [4.69, 9.17) is 0 Å². The van der Waals surface area contributed by atoms with Crippen LogP contribution in [0.2, 0.25) is 0 Å². The van der Waals surface area contributed by atoms with Gasteiger partial charge in [-0.3, -0.25) is 0 Å². The Balaban J connectivity index is 1.03. The van der Waals surface area contributed by atoms with E-state index in [1.54, 1.807) is 72.8 Å². The Morgan fingerprint density at radius 2 is 0.471 bits per heavy atom. The molecule has 2 unspecified atom stereocenters. The molecule has 0 spiro atoms. The van der Waals surface area contributed by atoms with Gasteiger partial charge in [-0.15, -0.1) is 0 Å². The van der Waals surface area contributed by atoms with Crippen molar-refractivity contribution in [2.45, 2.75) is 12.3 Å². The maximum atomic E-state index is 14.7. The topological polar surface area (TPSA) is 3.24 Å². The number of alkyl halides is 2. The van der Waals surface area contributed by atoms with Crippen LogP contribution in [-0.4, -0.2) is 12.3 Å². The zero-order valence-electron chi connectivity index (χ0n) is 35.1. The number of halogens is 15. The summed E-state index contributed by atoms with van der Waals surface area (Å²) in [7, 11) is 0. The van der Waals surface area contributed by atoms with Crippen LogP contribution < -0.4 is 4.90 Å². The molecule has 0 bridgehead atoms. The molecular formula is C54H26F15N. The van der Waals surface area contributed by atoms with Gasteiger partial charge in [0, 0.05) is 22.6 Å². The number of rotatable bonds is 9. The predicted molar refractivity (Wildman–Crippen MR) is 235 cm³/mol. The Labute approximate surface area is 387 Å². The fourth-order valence-electron chi connectivity index (χ4n) is 8.10. The minimum atomic E-state index is -3.01. The molecule has 8 aromatic carbocycles. The van der Waals surface area contributed by atoms with E-state index < -0.39 is 105 Å². The van der Waals surface area contributed by atoms with Gasteiger partial charge in [-0.1, -0.05) is 109 Å². The van der Waals surface area contributed by atoms with Crippen LogP contribution in [0.15, 0.2) is 163 Å². The first-order chi connectivity index (χ1) is 33.5. The summed E-state index contributed by atoms with van der Waals surface area (Å²) in [6, 6.07) is 36.6. The number of benzene rings is 8. The molecule has 70 heavy (non-hydrogen) atoms. The lowest BCUT2D eigenvalue weighted by molar-refractivity contribution is 0.201. The van der Waals surface area contributed by atoms with Gasteiger partial charge in [-0.05, 0) is 86.5 Å². The summed E-state index contributed by atoms with van der Waals surface area (Å²) in [5.41, 5.74) is 1.18. The maximum absolute atomic E-state index is 14.7. The average Bonchev–Trinajstić information content (AvgIpc) is 3.39. The van der Waals surface area contributed by atoms with Crippen LogP contribution in [0.1, 0.15) is 5.56 Å². The second-order valence-electron chi connectivity index (χ2n) is 15.8. The maximum Gasteiger partial charge on any atom is 0.200 e. The third-order valence-electron chi connectivity index (χ3n) is 11.8. The third-order valence-corrected chi connectivity index (χ3v) is 11.8. The largest absolute Gasteiger partial charge is 0.311 e. The Kier molecular flexibility index (Phi) is 12.4. The quantitative estimate of drug-likeness (QED) is 0.0791. The van der Waals surface area contributed by atoms with Gasteiger partial charge in [-0.2, -0.15) is 0 Å². The van der Waals surface area contributed by atoms with Crippen LogP contribution in [0.4, 0.5) is 82.9 Å². The van der Waals surface area contributed by atoms with E-state index >= 15 is 0 Å². The van der Waals surface area contributed by atoms with Crippen molar-refractivity contribution in [1.29, 1.82) is 0 Å². The Bertz CT molecular complexity index is 3170. The minimum absolute atomic E-state index is 0.205. The van der Waals surface area contributed by atoms with E-state index in [0.29, 0.717) is 50.4 Å². The molecule has 1 nitrogen and oxygen atoms in total. The fourth-order valence-corrected chi connectivity index (χ4v) is 8.10. The molecule has 9 rings (SSSR count). The molecule has 352 valence electrons. The van der Waals surface area contributed by atoms with E-state index in [1.165, 1.54) is 72.8 Å². The molecule has 0 amide bonds. The molecule has 1 aliphatic carbocycles. The van der Waals surface area contributed by atoms with E-state index in [-0.39, 0.29) is 16.7 Å². The molecule has 2 atom stereocenters. The van der Waals surface area contributed by atoms with E-state index in [1.807, 2.05) is 4.90 Å². The van der Waals surface area contributed by atoms with Crippen molar-refractivity contribution < 1.29 is 65.9 Å².